The Hall–Kier alpha value is -0.490. The maximum Gasteiger partial charge on any atom is 0.0940 e. The molecule has 0 amide bonds. The molecule has 3 rings (SSSR count). The average molecular weight is 283 g/mol. The van der Waals surface area contributed by atoms with Crippen molar-refractivity contribution in [2.45, 2.75) is 44.3 Å². The van der Waals surface area contributed by atoms with Crippen LogP contribution < -0.4 is 0 Å². The molecule has 2 fully saturated rings. The maximum absolute atomic E-state index is 10.4. The molecular formula is C14H21NO3S. The number of hydrogen-bond donors (Lipinski definition) is 1. The van der Waals surface area contributed by atoms with Gasteiger partial charge in [0.15, 0.2) is 0 Å². The summed E-state index contributed by atoms with van der Waals surface area (Å²) in [6.07, 6.45) is 3.16. The van der Waals surface area contributed by atoms with Gasteiger partial charge < -0.3 is 14.6 Å². The van der Waals surface area contributed by atoms with Crippen LogP contribution in [0.4, 0.5) is 0 Å². The van der Waals surface area contributed by atoms with Gasteiger partial charge in [0.05, 0.1) is 29.0 Å². The van der Waals surface area contributed by atoms with Crippen molar-refractivity contribution in [1.29, 1.82) is 0 Å². The van der Waals surface area contributed by atoms with E-state index in [1.165, 1.54) is 0 Å². The zero-order valence-corrected chi connectivity index (χ0v) is 12.1. The molecule has 0 bridgehead atoms. The highest BCUT2D eigenvalue weighted by Crippen LogP contribution is 2.37. The molecule has 2 aliphatic heterocycles. The van der Waals surface area contributed by atoms with Crippen LogP contribution in [0.3, 0.4) is 0 Å². The zero-order chi connectivity index (χ0) is 13.3. The number of hydrogen-bond acceptors (Lipinski definition) is 5. The van der Waals surface area contributed by atoms with Crippen LogP contribution >= 0.6 is 11.3 Å². The van der Waals surface area contributed by atoms with E-state index < -0.39 is 0 Å². The van der Waals surface area contributed by atoms with Crippen molar-refractivity contribution in [3.63, 3.8) is 0 Å². The van der Waals surface area contributed by atoms with Gasteiger partial charge >= 0.3 is 0 Å². The number of aliphatic hydroxyl groups excluding tert-OH is 1. The number of nitrogens with zero attached hydrogens (tertiary/aromatic N) is 1. The lowest BCUT2D eigenvalue weighted by atomic mass is 9.81. The largest absolute Gasteiger partial charge is 0.392 e. The molecular weight excluding hydrogens is 262 g/mol. The van der Waals surface area contributed by atoms with Crippen molar-refractivity contribution < 1.29 is 14.6 Å². The first-order valence-electron chi connectivity index (χ1n) is 6.98. The minimum atomic E-state index is -0.317. The molecule has 19 heavy (non-hydrogen) atoms. The van der Waals surface area contributed by atoms with Crippen molar-refractivity contribution in [3.8, 4) is 0 Å². The van der Waals surface area contributed by atoms with Crippen LogP contribution in [-0.4, -0.2) is 41.6 Å². The molecule has 5 heteroatoms. The first kappa shape index (κ1) is 13.5. The Labute approximate surface area is 117 Å². The summed E-state index contributed by atoms with van der Waals surface area (Å²) < 4.78 is 11.4. The quantitative estimate of drug-likeness (QED) is 0.921. The van der Waals surface area contributed by atoms with Gasteiger partial charge in [-0.3, -0.25) is 0 Å². The number of aliphatic hydroxyl groups is 1. The summed E-state index contributed by atoms with van der Waals surface area (Å²) in [6, 6.07) is 0. The lowest BCUT2D eigenvalue weighted by molar-refractivity contribution is -0.116. The Morgan fingerprint density at radius 2 is 2.47 bits per heavy atom. The molecule has 1 aromatic rings. The highest BCUT2D eigenvalue weighted by Gasteiger charge is 2.42. The average Bonchev–Trinajstić information content (AvgIpc) is 3.00. The smallest absolute Gasteiger partial charge is 0.0940 e. The maximum atomic E-state index is 10.4. The van der Waals surface area contributed by atoms with Crippen LogP contribution in [0.25, 0.3) is 0 Å². The summed E-state index contributed by atoms with van der Waals surface area (Å²) in [5.41, 5.74) is 0.889. The third-order valence-corrected chi connectivity index (χ3v) is 5.05. The van der Waals surface area contributed by atoms with Crippen molar-refractivity contribution in [1.82, 2.24) is 4.98 Å². The molecule has 4 nitrogen and oxygen atoms in total. The summed E-state index contributed by atoms with van der Waals surface area (Å²) in [7, 11) is 0. The van der Waals surface area contributed by atoms with Crippen LogP contribution in [-0.2, 0) is 15.9 Å². The number of thiazole rings is 1. The van der Waals surface area contributed by atoms with E-state index in [2.05, 4.69) is 4.98 Å². The minimum absolute atomic E-state index is 0.123. The Morgan fingerprint density at radius 1 is 1.58 bits per heavy atom. The molecule has 3 atom stereocenters. The van der Waals surface area contributed by atoms with Crippen LogP contribution in [0, 0.1) is 12.8 Å². The molecule has 1 spiro atoms. The topological polar surface area (TPSA) is 51.6 Å². The SMILES string of the molecule is Cc1nc(CC(O)C2CCOC3(CCOC3)C2)cs1. The van der Waals surface area contributed by atoms with Gasteiger partial charge in [0.25, 0.3) is 0 Å². The molecule has 3 unspecified atom stereocenters. The van der Waals surface area contributed by atoms with Gasteiger partial charge in [-0.05, 0) is 25.7 Å². The highest BCUT2D eigenvalue weighted by atomic mass is 32.1. The summed E-state index contributed by atoms with van der Waals surface area (Å²) in [5.74, 6) is 0.303. The third kappa shape index (κ3) is 2.99. The third-order valence-electron chi connectivity index (χ3n) is 4.23. The van der Waals surface area contributed by atoms with Crippen molar-refractivity contribution >= 4 is 11.3 Å². The monoisotopic (exact) mass is 283 g/mol. The molecule has 3 heterocycles. The molecule has 2 aliphatic rings. The normalized spacial score (nSPS) is 32.8. The molecule has 0 aliphatic carbocycles. The fourth-order valence-corrected chi connectivity index (χ4v) is 3.77. The molecule has 1 N–H and O–H groups in total. The summed E-state index contributed by atoms with van der Waals surface area (Å²) >= 11 is 1.64. The molecule has 2 saturated heterocycles. The fraction of sp³-hybridized carbons (Fsp3) is 0.786. The fourth-order valence-electron chi connectivity index (χ4n) is 3.14. The second-order valence-electron chi connectivity index (χ2n) is 5.72. The first-order chi connectivity index (χ1) is 9.17. The van der Waals surface area contributed by atoms with Crippen molar-refractivity contribution in [2.75, 3.05) is 19.8 Å². The number of aryl methyl sites for hydroxylation is 1. The Kier molecular flexibility index (Phi) is 3.89. The van der Waals surface area contributed by atoms with Crippen LogP contribution in [0.1, 0.15) is 30.0 Å². The van der Waals surface area contributed by atoms with E-state index >= 15 is 0 Å². The van der Waals surface area contributed by atoms with E-state index in [1.807, 2.05) is 12.3 Å². The second-order valence-corrected chi connectivity index (χ2v) is 6.78. The highest BCUT2D eigenvalue weighted by molar-refractivity contribution is 7.09. The van der Waals surface area contributed by atoms with Gasteiger partial charge in [0, 0.05) is 31.4 Å². The standard InChI is InChI=1S/C14H21NO3S/c1-10-15-12(8-19-10)6-13(16)11-2-4-18-14(7-11)3-5-17-9-14/h8,11,13,16H,2-7,9H2,1H3. The number of ether oxygens (including phenoxy) is 2. The van der Waals surface area contributed by atoms with Crippen molar-refractivity contribution in [2.24, 2.45) is 5.92 Å². The Balaban J connectivity index is 1.61. The minimum Gasteiger partial charge on any atom is -0.392 e. The lowest BCUT2D eigenvalue weighted by Gasteiger charge is -2.38. The summed E-state index contributed by atoms with van der Waals surface area (Å²) in [5, 5.41) is 13.6. The van der Waals surface area contributed by atoms with Gasteiger partial charge in [-0.1, -0.05) is 0 Å². The molecule has 106 valence electrons. The van der Waals surface area contributed by atoms with E-state index in [9.17, 15) is 5.11 Å². The zero-order valence-electron chi connectivity index (χ0n) is 11.3. The van der Waals surface area contributed by atoms with Crippen molar-refractivity contribution in [3.05, 3.63) is 16.1 Å². The van der Waals surface area contributed by atoms with E-state index in [0.717, 1.165) is 43.2 Å². The van der Waals surface area contributed by atoms with E-state index in [4.69, 9.17) is 9.47 Å². The summed E-state index contributed by atoms with van der Waals surface area (Å²) in [6.45, 7) is 4.21. The molecule has 0 radical (unpaired) electrons. The van der Waals surface area contributed by atoms with Crippen LogP contribution in [0.2, 0.25) is 0 Å². The molecule has 0 aromatic carbocycles. The number of rotatable bonds is 3. The summed E-state index contributed by atoms with van der Waals surface area (Å²) in [4.78, 5) is 4.44. The molecule has 1 aromatic heterocycles. The van der Waals surface area contributed by atoms with Crippen LogP contribution in [0.15, 0.2) is 5.38 Å². The number of aromatic nitrogens is 1. The van der Waals surface area contributed by atoms with Gasteiger partial charge in [0.1, 0.15) is 0 Å². The van der Waals surface area contributed by atoms with Gasteiger partial charge in [0.2, 0.25) is 0 Å². The van der Waals surface area contributed by atoms with Gasteiger partial charge in [-0.25, -0.2) is 4.98 Å². The van der Waals surface area contributed by atoms with Gasteiger partial charge in [-0.2, -0.15) is 0 Å². The second kappa shape index (κ2) is 5.48. The van der Waals surface area contributed by atoms with Gasteiger partial charge in [-0.15, -0.1) is 11.3 Å². The molecule has 0 saturated carbocycles. The van der Waals surface area contributed by atoms with E-state index in [0.29, 0.717) is 18.9 Å². The Bertz CT molecular complexity index is 428. The Morgan fingerprint density at radius 3 is 3.16 bits per heavy atom. The van der Waals surface area contributed by atoms with Crippen LogP contribution in [0.5, 0.6) is 0 Å². The predicted molar refractivity (Wildman–Crippen MR) is 73.4 cm³/mol. The lowest BCUT2D eigenvalue weighted by Crippen LogP contribution is -2.44. The van der Waals surface area contributed by atoms with E-state index in [1.54, 1.807) is 11.3 Å². The predicted octanol–water partition coefficient (Wildman–Crippen LogP) is 1.94. The first-order valence-corrected chi connectivity index (χ1v) is 7.86. The van der Waals surface area contributed by atoms with E-state index in [-0.39, 0.29) is 11.7 Å².